The van der Waals surface area contributed by atoms with Crippen LogP contribution in [0.4, 0.5) is 0 Å². The summed E-state index contributed by atoms with van der Waals surface area (Å²) in [6, 6.07) is 15.9. The van der Waals surface area contributed by atoms with Crippen LogP contribution in [0, 0.1) is 13.8 Å². The summed E-state index contributed by atoms with van der Waals surface area (Å²) >= 11 is 6.83. The third kappa shape index (κ3) is 2.95. The Morgan fingerprint density at radius 1 is 1.00 bits per heavy atom. The Labute approximate surface area is 167 Å². The van der Waals surface area contributed by atoms with E-state index in [-0.39, 0.29) is 5.91 Å². The van der Waals surface area contributed by atoms with Crippen LogP contribution in [0.15, 0.2) is 53.4 Å². The summed E-state index contributed by atoms with van der Waals surface area (Å²) in [4.78, 5) is 13.7. The zero-order valence-electron chi connectivity index (χ0n) is 15.2. The molecule has 136 valence electrons. The highest BCUT2D eigenvalue weighted by Gasteiger charge is 2.34. The van der Waals surface area contributed by atoms with Gasteiger partial charge in [0.2, 0.25) is 0 Å². The number of carbonyl (C=O) groups is 1. The standard InChI is InChI=1S/C21H18N2O2S2/c1-13-8-9-14(2)22(13)23-20(24)19(27-21(23)26)12-15-10-11-18(25-3)17-7-5-4-6-16(15)17/h4-12H,1-3H3/b19-12+. The third-order valence-corrected chi connectivity index (χ3v) is 5.91. The van der Waals surface area contributed by atoms with Crippen LogP contribution in [0.25, 0.3) is 16.8 Å². The molecule has 0 N–H and O–H groups in total. The van der Waals surface area contributed by atoms with Gasteiger partial charge in [0.05, 0.1) is 12.0 Å². The maximum atomic E-state index is 13.1. The fraction of sp³-hybridized carbons (Fsp3) is 0.143. The molecule has 4 rings (SSSR count). The van der Waals surface area contributed by atoms with Gasteiger partial charge in [0.15, 0.2) is 4.32 Å². The van der Waals surface area contributed by atoms with Crippen LogP contribution < -0.4 is 9.75 Å². The van der Waals surface area contributed by atoms with Gasteiger partial charge in [-0.3, -0.25) is 9.47 Å². The van der Waals surface area contributed by atoms with Crippen molar-refractivity contribution in [2.75, 3.05) is 12.1 Å². The molecule has 0 spiro atoms. The van der Waals surface area contributed by atoms with E-state index in [2.05, 4.69) is 0 Å². The van der Waals surface area contributed by atoms with Gasteiger partial charge in [-0.1, -0.05) is 42.1 Å². The molecule has 2 heterocycles. The molecule has 6 heteroatoms. The highest BCUT2D eigenvalue weighted by molar-refractivity contribution is 8.27. The van der Waals surface area contributed by atoms with Crippen molar-refractivity contribution in [1.29, 1.82) is 0 Å². The molecule has 2 aromatic carbocycles. The van der Waals surface area contributed by atoms with Gasteiger partial charge in [0, 0.05) is 16.8 Å². The molecular formula is C21H18N2O2S2. The predicted molar refractivity (Wildman–Crippen MR) is 116 cm³/mol. The second-order valence-corrected chi connectivity index (χ2v) is 8.00. The summed E-state index contributed by atoms with van der Waals surface area (Å²) in [5, 5.41) is 3.62. The number of benzene rings is 2. The van der Waals surface area contributed by atoms with E-state index < -0.39 is 0 Å². The van der Waals surface area contributed by atoms with Gasteiger partial charge < -0.3 is 4.74 Å². The fourth-order valence-corrected chi connectivity index (χ4v) is 4.58. The highest BCUT2D eigenvalue weighted by Crippen LogP contribution is 2.35. The van der Waals surface area contributed by atoms with Gasteiger partial charge in [-0.2, -0.15) is 5.01 Å². The molecule has 0 atom stereocenters. The minimum Gasteiger partial charge on any atom is -0.496 e. The molecule has 0 bridgehead atoms. The lowest BCUT2D eigenvalue weighted by molar-refractivity contribution is -0.114. The molecular weight excluding hydrogens is 376 g/mol. The van der Waals surface area contributed by atoms with E-state index in [9.17, 15) is 4.79 Å². The van der Waals surface area contributed by atoms with Crippen LogP contribution in [0.1, 0.15) is 17.0 Å². The smallest absolute Gasteiger partial charge is 0.285 e. The van der Waals surface area contributed by atoms with E-state index in [1.54, 1.807) is 12.1 Å². The Kier molecular flexibility index (Phi) is 4.53. The molecule has 0 radical (unpaired) electrons. The lowest BCUT2D eigenvalue weighted by atomic mass is 10.0. The number of fused-ring (bicyclic) bond motifs is 1. The van der Waals surface area contributed by atoms with Crippen molar-refractivity contribution in [1.82, 2.24) is 4.68 Å². The van der Waals surface area contributed by atoms with Gasteiger partial charge in [-0.15, -0.1) is 0 Å². The lowest BCUT2D eigenvalue weighted by Crippen LogP contribution is -2.39. The van der Waals surface area contributed by atoms with Crippen molar-refractivity contribution in [2.24, 2.45) is 0 Å². The number of aryl methyl sites for hydroxylation is 2. The van der Waals surface area contributed by atoms with Gasteiger partial charge in [0.1, 0.15) is 5.75 Å². The molecule has 0 unspecified atom stereocenters. The SMILES string of the molecule is COc1ccc(/C=C2/SC(=S)N(n3c(C)ccc3C)C2=O)c2ccccc12. The predicted octanol–water partition coefficient (Wildman–Crippen LogP) is 4.80. The number of hydrogen-bond donors (Lipinski definition) is 0. The number of ether oxygens (including phenoxy) is 1. The number of rotatable bonds is 3. The molecule has 1 fully saturated rings. The second-order valence-electron chi connectivity index (χ2n) is 6.32. The second kappa shape index (κ2) is 6.87. The zero-order valence-corrected chi connectivity index (χ0v) is 16.9. The van der Waals surface area contributed by atoms with Gasteiger partial charge in [-0.05, 0) is 61.3 Å². The molecule has 1 aromatic heterocycles. The van der Waals surface area contributed by atoms with Gasteiger partial charge in [0.25, 0.3) is 5.91 Å². The quantitative estimate of drug-likeness (QED) is 0.472. The van der Waals surface area contributed by atoms with Crippen LogP contribution in [-0.4, -0.2) is 22.0 Å². The maximum absolute atomic E-state index is 13.1. The largest absolute Gasteiger partial charge is 0.496 e. The van der Waals surface area contributed by atoms with Gasteiger partial charge >= 0.3 is 0 Å². The van der Waals surface area contributed by atoms with E-state index in [1.807, 2.05) is 73.1 Å². The first-order chi connectivity index (χ1) is 13.0. The van der Waals surface area contributed by atoms with E-state index in [0.717, 1.165) is 33.5 Å². The first-order valence-electron chi connectivity index (χ1n) is 8.50. The van der Waals surface area contributed by atoms with Crippen LogP contribution in [0.3, 0.4) is 0 Å². The Morgan fingerprint density at radius 2 is 1.67 bits per heavy atom. The molecule has 3 aromatic rings. The number of amides is 1. The van der Waals surface area contributed by atoms with Crippen molar-refractivity contribution in [3.63, 3.8) is 0 Å². The lowest BCUT2D eigenvalue weighted by Gasteiger charge is -2.20. The summed E-state index contributed by atoms with van der Waals surface area (Å²) in [5.74, 6) is 0.709. The number of thiocarbonyl (C=S) groups is 1. The van der Waals surface area contributed by atoms with Crippen LogP contribution in [0.5, 0.6) is 5.75 Å². The normalized spacial score (nSPS) is 16.0. The average molecular weight is 395 g/mol. The molecule has 27 heavy (non-hydrogen) atoms. The Bertz CT molecular complexity index is 1100. The molecule has 1 amide bonds. The van der Waals surface area contributed by atoms with E-state index in [4.69, 9.17) is 17.0 Å². The number of thioether (sulfide) groups is 1. The van der Waals surface area contributed by atoms with Crippen molar-refractivity contribution < 1.29 is 9.53 Å². The van der Waals surface area contributed by atoms with Crippen LogP contribution in [0.2, 0.25) is 0 Å². The number of methoxy groups -OCH3 is 1. The van der Waals surface area contributed by atoms with Crippen molar-refractivity contribution >= 4 is 51.1 Å². The first kappa shape index (κ1) is 17.8. The molecule has 1 saturated heterocycles. The molecule has 4 nitrogen and oxygen atoms in total. The third-order valence-electron chi connectivity index (χ3n) is 4.63. The molecule has 0 saturated carbocycles. The van der Waals surface area contributed by atoms with Crippen molar-refractivity contribution in [3.05, 3.63) is 70.4 Å². The Balaban J connectivity index is 1.79. The summed E-state index contributed by atoms with van der Waals surface area (Å²) in [6.07, 6.45) is 1.91. The number of carbonyl (C=O) groups excluding carboxylic acids is 1. The maximum Gasteiger partial charge on any atom is 0.285 e. The summed E-state index contributed by atoms with van der Waals surface area (Å²) in [5.41, 5.74) is 2.91. The Morgan fingerprint density at radius 3 is 2.33 bits per heavy atom. The van der Waals surface area contributed by atoms with E-state index >= 15 is 0 Å². The van der Waals surface area contributed by atoms with E-state index in [0.29, 0.717) is 9.23 Å². The minimum atomic E-state index is -0.104. The van der Waals surface area contributed by atoms with Gasteiger partial charge in [-0.25, -0.2) is 0 Å². The zero-order chi connectivity index (χ0) is 19.1. The summed E-state index contributed by atoms with van der Waals surface area (Å²) < 4.78 is 7.86. The summed E-state index contributed by atoms with van der Waals surface area (Å²) in [7, 11) is 1.66. The minimum absolute atomic E-state index is 0.104. The van der Waals surface area contributed by atoms with E-state index in [1.165, 1.54) is 11.8 Å². The molecule has 1 aliphatic rings. The Hall–Kier alpha value is -2.57. The number of nitrogens with zero attached hydrogens (tertiary/aromatic N) is 2. The molecule has 0 aliphatic carbocycles. The number of hydrogen-bond acceptors (Lipinski definition) is 4. The average Bonchev–Trinajstić information content (AvgIpc) is 3.13. The monoisotopic (exact) mass is 394 g/mol. The van der Waals surface area contributed by atoms with Crippen molar-refractivity contribution in [3.8, 4) is 5.75 Å². The van der Waals surface area contributed by atoms with Crippen LogP contribution >= 0.6 is 24.0 Å². The summed E-state index contributed by atoms with van der Waals surface area (Å²) in [6.45, 7) is 3.93. The van der Waals surface area contributed by atoms with Crippen LogP contribution in [-0.2, 0) is 4.79 Å². The van der Waals surface area contributed by atoms with Crippen molar-refractivity contribution in [2.45, 2.75) is 13.8 Å². The fourth-order valence-electron chi connectivity index (χ4n) is 3.35. The molecule has 1 aliphatic heterocycles. The highest BCUT2D eigenvalue weighted by atomic mass is 32.2. The first-order valence-corrected chi connectivity index (χ1v) is 9.72. The number of aromatic nitrogens is 1. The topological polar surface area (TPSA) is 34.5 Å².